The van der Waals surface area contributed by atoms with Crippen LogP contribution in [0.15, 0.2) is 22.4 Å². The fraction of sp³-hybridized carbons (Fsp3) is 0.200. The van der Waals surface area contributed by atoms with Gasteiger partial charge in [-0.25, -0.2) is 22.6 Å². The van der Waals surface area contributed by atoms with Gasteiger partial charge in [0.2, 0.25) is 15.0 Å². The molecule has 0 aliphatic heterocycles. The molecule has 0 aliphatic rings. The second-order valence-corrected chi connectivity index (χ2v) is 5.10. The minimum Gasteiger partial charge on any atom is -0.302 e. The average Bonchev–Trinajstić information content (AvgIpc) is 2.03. The molecule has 0 aromatic carbocycles. The molecule has 0 bridgehead atoms. The third-order valence-electron chi connectivity index (χ3n) is 1.14. The van der Waals surface area contributed by atoms with Crippen LogP contribution in [0.2, 0.25) is 0 Å². The standard InChI is InChI=1S/C5H6N2O4S2/c1-13(10,11)5-6-2-4(3-7-5)12(8)9/h2-3H,1H3,(H,8,9). The Morgan fingerprint density at radius 3 is 2.15 bits per heavy atom. The molecule has 1 aromatic rings. The molecule has 0 saturated carbocycles. The number of nitrogens with zero attached hydrogens (tertiary/aromatic N) is 2. The monoisotopic (exact) mass is 222 g/mol. The molecule has 13 heavy (non-hydrogen) atoms. The van der Waals surface area contributed by atoms with E-state index in [9.17, 15) is 12.6 Å². The first-order valence-electron chi connectivity index (χ1n) is 3.04. The lowest BCUT2D eigenvalue weighted by Gasteiger charge is -1.96. The zero-order valence-electron chi connectivity index (χ0n) is 6.54. The van der Waals surface area contributed by atoms with Gasteiger partial charge < -0.3 is 4.55 Å². The second kappa shape index (κ2) is 3.48. The normalized spacial score (nSPS) is 14.0. The van der Waals surface area contributed by atoms with Crippen molar-refractivity contribution in [1.29, 1.82) is 0 Å². The molecule has 1 rings (SSSR count). The van der Waals surface area contributed by atoms with Crippen molar-refractivity contribution in [2.24, 2.45) is 0 Å². The lowest BCUT2D eigenvalue weighted by molar-refractivity contribution is 0.561. The van der Waals surface area contributed by atoms with Crippen LogP contribution in [0.1, 0.15) is 0 Å². The Bertz CT molecular complexity index is 424. The van der Waals surface area contributed by atoms with Gasteiger partial charge in [0.25, 0.3) is 0 Å². The summed E-state index contributed by atoms with van der Waals surface area (Å²) < 4.78 is 40.7. The highest BCUT2D eigenvalue weighted by molar-refractivity contribution is 7.90. The summed E-state index contributed by atoms with van der Waals surface area (Å²) in [5.74, 6) is 0. The number of hydrogen-bond donors (Lipinski definition) is 1. The molecule has 1 atom stereocenters. The fourth-order valence-electron chi connectivity index (χ4n) is 0.586. The van der Waals surface area contributed by atoms with E-state index >= 15 is 0 Å². The summed E-state index contributed by atoms with van der Waals surface area (Å²) in [7, 11) is -3.45. The van der Waals surface area contributed by atoms with Crippen LogP contribution >= 0.6 is 0 Å². The van der Waals surface area contributed by atoms with Crippen molar-refractivity contribution in [2.45, 2.75) is 10.1 Å². The highest BCUT2D eigenvalue weighted by Gasteiger charge is 2.11. The van der Waals surface area contributed by atoms with Crippen LogP contribution in [0, 0.1) is 0 Å². The Morgan fingerprint density at radius 2 is 1.85 bits per heavy atom. The Kier molecular flexibility index (Phi) is 2.74. The van der Waals surface area contributed by atoms with Crippen LogP contribution in [-0.2, 0) is 20.9 Å². The summed E-state index contributed by atoms with van der Waals surface area (Å²) in [6.45, 7) is 0. The molecular weight excluding hydrogens is 216 g/mol. The summed E-state index contributed by atoms with van der Waals surface area (Å²) in [6.07, 6.45) is 2.96. The topological polar surface area (TPSA) is 97.2 Å². The lowest BCUT2D eigenvalue weighted by Crippen LogP contribution is -2.04. The maximum atomic E-state index is 10.9. The van der Waals surface area contributed by atoms with Crippen molar-refractivity contribution >= 4 is 20.9 Å². The minimum atomic E-state index is -3.45. The van der Waals surface area contributed by atoms with Crippen LogP contribution in [0.25, 0.3) is 0 Å². The highest BCUT2D eigenvalue weighted by atomic mass is 32.2. The molecule has 0 amide bonds. The molecule has 6 nitrogen and oxygen atoms in total. The summed E-state index contributed by atoms with van der Waals surface area (Å²) in [5.41, 5.74) is 0. The Labute approximate surface area is 77.2 Å². The van der Waals surface area contributed by atoms with E-state index in [4.69, 9.17) is 4.55 Å². The number of rotatable bonds is 2. The minimum absolute atomic E-state index is 0.0348. The molecule has 0 spiro atoms. The van der Waals surface area contributed by atoms with E-state index in [0.717, 1.165) is 18.6 Å². The lowest BCUT2D eigenvalue weighted by atomic mass is 10.7. The van der Waals surface area contributed by atoms with Crippen molar-refractivity contribution in [3.8, 4) is 0 Å². The number of hydrogen-bond acceptors (Lipinski definition) is 5. The van der Waals surface area contributed by atoms with Crippen molar-refractivity contribution < 1.29 is 17.2 Å². The van der Waals surface area contributed by atoms with Crippen molar-refractivity contribution in [2.75, 3.05) is 6.26 Å². The summed E-state index contributed by atoms with van der Waals surface area (Å²) in [6, 6.07) is 0. The van der Waals surface area contributed by atoms with E-state index in [0.29, 0.717) is 0 Å². The molecule has 1 unspecified atom stereocenters. The largest absolute Gasteiger partial charge is 0.302 e. The van der Waals surface area contributed by atoms with Crippen LogP contribution in [0.5, 0.6) is 0 Å². The fourth-order valence-corrected chi connectivity index (χ4v) is 1.36. The van der Waals surface area contributed by atoms with Gasteiger partial charge in [0.1, 0.15) is 4.90 Å². The summed E-state index contributed by atoms with van der Waals surface area (Å²) in [5, 5.41) is -0.360. The summed E-state index contributed by atoms with van der Waals surface area (Å²) in [4.78, 5) is 6.80. The molecule has 1 N–H and O–H groups in total. The van der Waals surface area contributed by atoms with E-state index in [1.54, 1.807) is 0 Å². The zero-order valence-corrected chi connectivity index (χ0v) is 8.17. The number of aromatic nitrogens is 2. The smallest absolute Gasteiger partial charge is 0.246 e. The van der Waals surface area contributed by atoms with Crippen LogP contribution < -0.4 is 0 Å². The molecule has 1 aromatic heterocycles. The maximum absolute atomic E-state index is 10.9. The highest BCUT2D eigenvalue weighted by Crippen LogP contribution is 2.04. The van der Waals surface area contributed by atoms with Gasteiger partial charge in [-0.1, -0.05) is 0 Å². The predicted octanol–water partition coefficient (Wildman–Crippen LogP) is -0.539. The van der Waals surface area contributed by atoms with Crippen molar-refractivity contribution in [3.05, 3.63) is 12.4 Å². The van der Waals surface area contributed by atoms with Crippen LogP contribution in [-0.4, -0.2) is 33.4 Å². The van der Waals surface area contributed by atoms with E-state index in [1.807, 2.05) is 0 Å². The van der Waals surface area contributed by atoms with E-state index in [2.05, 4.69) is 9.97 Å². The quantitative estimate of drug-likeness (QED) is 0.533. The number of sulfone groups is 1. The van der Waals surface area contributed by atoms with Crippen LogP contribution in [0.3, 0.4) is 0 Å². The Hall–Kier alpha value is -0.860. The van der Waals surface area contributed by atoms with E-state index in [1.165, 1.54) is 0 Å². The van der Waals surface area contributed by atoms with Gasteiger partial charge in [0, 0.05) is 6.26 Å². The molecule has 0 aliphatic carbocycles. The third-order valence-corrected chi connectivity index (χ3v) is 2.63. The maximum Gasteiger partial charge on any atom is 0.246 e. The van der Waals surface area contributed by atoms with Crippen molar-refractivity contribution in [1.82, 2.24) is 9.97 Å². The molecule has 72 valence electrons. The Morgan fingerprint density at radius 1 is 1.38 bits per heavy atom. The third kappa shape index (κ3) is 2.54. The molecular formula is C5H6N2O4S2. The average molecular weight is 222 g/mol. The van der Waals surface area contributed by atoms with Crippen molar-refractivity contribution in [3.63, 3.8) is 0 Å². The summed E-state index contributed by atoms with van der Waals surface area (Å²) >= 11 is -2.18. The van der Waals surface area contributed by atoms with Gasteiger partial charge in [0.15, 0.2) is 11.1 Å². The van der Waals surface area contributed by atoms with Gasteiger partial charge in [-0.3, -0.25) is 0 Å². The first-order valence-corrected chi connectivity index (χ1v) is 6.04. The first-order chi connectivity index (χ1) is 5.91. The molecule has 0 saturated heterocycles. The van der Waals surface area contributed by atoms with Gasteiger partial charge >= 0.3 is 0 Å². The molecule has 0 fully saturated rings. The van der Waals surface area contributed by atoms with Gasteiger partial charge in [0.05, 0.1) is 12.4 Å². The van der Waals surface area contributed by atoms with Gasteiger partial charge in [-0.05, 0) is 0 Å². The van der Waals surface area contributed by atoms with E-state index < -0.39 is 20.9 Å². The van der Waals surface area contributed by atoms with E-state index in [-0.39, 0.29) is 10.1 Å². The SMILES string of the molecule is CS(=O)(=O)c1ncc(S(=O)O)cn1. The first kappa shape index (κ1) is 10.2. The molecule has 8 heteroatoms. The molecule has 0 radical (unpaired) electrons. The second-order valence-electron chi connectivity index (χ2n) is 2.22. The Balaban J connectivity index is 3.16. The van der Waals surface area contributed by atoms with Gasteiger partial charge in [-0.15, -0.1) is 0 Å². The van der Waals surface area contributed by atoms with Crippen LogP contribution in [0.4, 0.5) is 0 Å². The molecule has 1 heterocycles. The predicted molar refractivity (Wildman–Crippen MR) is 44.2 cm³/mol. The zero-order chi connectivity index (χ0) is 10.1. The van der Waals surface area contributed by atoms with Gasteiger partial charge in [-0.2, -0.15) is 0 Å².